The third-order valence-electron chi connectivity index (χ3n) is 4.90. The maximum absolute atomic E-state index is 14.0. The largest absolute Gasteiger partial charge is 0.396 e. The lowest BCUT2D eigenvalue weighted by Crippen LogP contribution is -2.06. The highest BCUT2D eigenvalue weighted by molar-refractivity contribution is 6.32. The van der Waals surface area contributed by atoms with Gasteiger partial charge in [0.2, 0.25) is 0 Å². The fourth-order valence-electron chi connectivity index (χ4n) is 3.06. The number of halogens is 3. The Kier molecular flexibility index (Phi) is 4.91. The highest BCUT2D eigenvalue weighted by atomic mass is 35.5. The second-order valence-corrected chi connectivity index (χ2v) is 7.95. The molecule has 1 atom stereocenters. The van der Waals surface area contributed by atoms with E-state index < -0.39 is 11.6 Å². The third kappa shape index (κ3) is 4.08. The van der Waals surface area contributed by atoms with Gasteiger partial charge in [0, 0.05) is 34.6 Å². The highest BCUT2D eigenvalue weighted by Gasteiger charge is 2.47. The average Bonchev–Trinajstić information content (AvgIpc) is 3.23. The zero-order valence-electron chi connectivity index (χ0n) is 15.3. The van der Waals surface area contributed by atoms with Crippen LogP contribution in [0, 0.1) is 23.0 Å². The van der Waals surface area contributed by atoms with Crippen LogP contribution in [-0.4, -0.2) is 0 Å². The van der Waals surface area contributed by atoms with Crippen molar-refractivity contribution >= 4 is 34.4 Å². The summed E-state index contributed by atoms with van der Waals surface area (Å²) in [6, 6.07) is 7.29. The van der Waals surface area contributed by atoms with Crippen LogP contribution in [0.2, 0.25) is 5.02 Å². The monoisotopic (exact) mass is 389 g/mol. The van der Waals surface area contributed by atoms with E-state index in [1.165, 1.54) is 6.07 Å². The summed E-state index contributed by atoms with van der Waals surface area (Å²) in [6.07, 6.45) is 1.10. The number of hydrogen-bond donors (Lipinski definition) is 3. The van der Waals surface area contributed by atoms with E-state index in [0.717, 1.165) is 23.9 Å². The molecule has 0 saturated heterocycles. The topological polar surface area (TPSA) is 50.1 Å². The van der Waals surface area contributed by atoms with Crippen LogP contribution in [0.3, 0.4) is 0 Å². The van der Waals surface area contributed by atoms with Crippen LogP contribution in [0.25, 0.3) is 5.70 Å². The maximum Gasteiger partial charge on any atom is 0.149 e. The summed E-state index contributed by atoms with van der Waals surface area (Å²) in [6.45, 7) is 12.4. The van der Waals surface area contributed by atoms with Crippen molar-refractivity contribution < 1.29 is 8.78 Å². The summed E-state index contributed by atoms with van der Waals surface area (Å²) in [7, 11) is 0. The lowest BCUT2D eigenvalue weighted by molar-refractivity contribution is 0.589. The first-order chi connectivity index (χ1) is 12.6. The first-order valence-corrected chi connectivity index (χ1v) is 8.92. The van der Waals surface area contributed by atoms with Crippen LogP contribution in [0.4, 0.5) is 25.8 Å². The molecule has 0 radical (unpaired) electrons. The summed E-state index contributed by atoms with van der Waals surface area (Å²) in [5.74, 6) is -1.15. The van der Waals surface area contributed by atoms with Gasteiger partial charge in [-0.3, -0.25) is 0 Å². The minimum atomic E-state index is -0.811. The lowest BCUT2D eigenvalue weighted by atomic mass is 10.1. The lowest BCUT2D eigenvalue weighted by Gasteiger charge is -2.16. The second-order valence-electron chi connectivity index (χ2n) is 7.55. The van der Waals surface area contributed by atoms with E-state index in [9.17, 15) is 8.78 Å². The molecule has 0 amide bonds. The molecule has 27 heavy (non-hydrogen) atoms. The van der Waals surface area contributed by atoms with Gasteiger partial charge in [-0.1, -0.05) is 38.6 Å². The van der Waals surface area contributed by atoms with Crippen molar-refractivity contribution in [1.82, 2.24) is 0 Å². The molecule has 142 valence electrons. The molecular weight excluding hydrogens is 368 g/mol. The van der Waals surface area contributed by atoms with Crippen molar-refractivity contribution in [2.45, 2.75) is 20.3 Å². The Labute approximate surface area is 162 Å². The molecule has 0 heterocycles. The average molecular weight is 390 g/mol. The molecule has 0 aromatic heterocycles. The standard InChI is InChI=1S/C21H22ClF2N3/c1-11(27-20-9-19(25)17(23)8-18(20)24)14-7-13(5-6-16(14)22)26-12(2)15-10-21(15,3)4/h5-9,15,26-27H,1-2,10,25H2,3-4H3. The van der Waals surface area contributed by atoms with Gasteiger partial charge >= 0.3 is 0 Å². The first-order valence-electron chi connectivity index (χ1n) is 8.54. The molecule has 1 fully saturated rings. The fraction of sp³-hybridized carbons (Fsp3) is 0.238. The Hall–Kier alpha value is -2.53. The Bertz CT molecular complexity index is 937. The van der Waals surface area contributed by atoms with Crippen LogP contribution in [0.5, 0.6) is 0 Å². The smallest absolute Gasteiger partial charge is 0.149 e. The SMILES string of the molecule is C=C(Nc1cc(N)c(F)cc1F)c1cc(NC(=C)C2CC2(C)C)ccc1Cl. The molecule has 1 aliphatic carbocycles. The van der Waals surface area contributed by atoms with Crippen molar-refractivity contribution in [1.29, 1.82) is 0 Å². The van der Waals surface area contributed by atoms with E-state index in [4.69, 9.17) is 17.3 Å². The quantitative estimate of drug-likeness (QED) is 0.511. The number of hydrogen-bond acceptors (Lipinski definition) is 3. The van der Waals surface area contributed by atoms with Crippen LogP contribution >= 0.6 is 11.6 Å². The van der Waals surface area contributed by atoms with Crippen molar-refractivity contribution in [3.05, 3.63) is 71.4 Å². The van der Waals surface area contributed by atoms with Gasteiger partial charge in [0.1, 0.15) is 11.6 Å². The Balaban J connectivity index is 1.79. The van der Waals surface area contributed by atoms with Gasteiger partial charge in [-0.2, -0.15) is 0 Å². The Morgan fingerprint density at radius 1 is 1.15 bits per heavy atom. The summed E-state index contributed by atoms with van der Waals surface area (Å²) < 4.78 is 27.3. The number of nitrogens with two attached hydrogens (primary N) is 1. The molecule has 2 aromatic rings. The zero-order valence-corrected chi connectivity index (χ0v) is 16.1. The van der Waals surface area contributed by atoms with E-state index in [1.54, 1.807) is 6.07 Å². The molecule has 0 bridgehead atoms. The summed E-state index contributed by atoms with van der Waals surface area (Å²) in [5, 5.41) is 6.57. The molecule has 0 aliphatic heterocycles. The van der Waals surface area contributed by atoms with E-state index in [2.05, 4.69) is 37.6 Å². The molecule has 3 rings (SSSR count). The molecule has 1 saturated carbocycles. The molecule has 1 aliphatic rings. The van der Waals surface area contributed by atoms with Crippen molar-refractivity contribution in [2.24, 2.45) is 11.3 Å². The van der Waals surface area contributed by atoms with Crippen molar-refractivity contribution in [2.75, 3.05) is 16.4 Å². The predicted octanol–water partition coefficient (Wildman–Crippen LogP) is 6.25. The molecule has 4 N–H and O–H groups in total. The van der Waals surface area contributed by atoms with Crippen molar-refractivity contribution in [3.8, 4) is 0 Å². The minimum absolute atomic E-state index is 0.0254. The Morgan fingerprint density at radius 2 is 1.81 bits per heavy atom. The molecule has 3 nitrogen and oxygen atoms in total. The summed E-state index contributed by atoms with van der Waals surface area (Å²) >= 11 is 6.28. The molecule has 6 heteroatoms. The summed E-state index contributed by atoms with van der Waals surface area (Å²) in [5.41, 5.74) is 8.36. The third-order valence-corrected chi connectivity index (χ3v) is 5.23. The van der Waals surface area contributed by atoms with E-state index in [-0.39, 0.29) is 16.8 Å². The van der Waals surface area contributed by atoms with E-state index in [1.807, 2.05) is 12.1 Å². The van der Waals surface area contributed by atoms with Crippen LogP contribution in [0.1, 0.15) is 25.8 Å². The van der Waals surface area contributed by atoms with Gasteiger partial charge < -0.3 is 16.4 Å². The number of benzene rings is 2. The van der Waals surface area contributed by atoms with Gasteiger partial charge in [-0.25, -0.2) is 8.78 Å². The van der Waals surface area contributed by atoms with Crippen LogP contribution in [-0.2, 0) is 0 Å². The molecular formula is C21H22ClF2N3. The normalized spacial score (nSPS) is 17.3. The van der Waals surface area contributed by atoms with Gasteiger partial charge in [0.05, 0.1) is 16.4 Å². The number of anilines is 3. The zero-order chi connectivity index (χ0) is 19.9. The van der Waals surface area contributed by atoms with Gasteiger partial charge in [0.25, 0.3) is 0 Å². The van der Waals surface area contributed by atoms with E-state index >= 15 is 0 Å². The van der Waals surface area contributed by atoms with Crippen molar-refractivity contribution in [3.63, 3.8) is 0 Å². The molecule has 1 unspecified atom stereocenters. The predicted molar refractivity (Wildman–Crippen MR) is 110 cm³/mol. The fourth-order valence-corrected chi connectivity index (χ4v) is 3.29. The number of rotatable bonds is 6. The summed E-state index contributed by atoms with van der Waals surface area (Å²) in [4.78, 5) is 0. The van der Waals surface area contributed by atoms with Gasteiger partial charge in [-0.05, 0) is 36.1 Å². The number of nitrogen functional groups attached to an aromatic ring is 1. The van der Waals surface area contributed by atoms with Crippen LogP contribution in [0.15, 0.2) is 49.2 Å². The number of nitrogens with one attached hydrogen (secondary N) is 2. The van der Waals surface area contributed by atoms with Gasteiger partial charge in [-0.15, -0.1) is 0 Å². The second kappa shape index (κ2) is 6.89. The minimum Gasteiger partial charge on any atom is -0.396 e. The highest BCUT2D eigenvalue weighted by Crippen LogP contribution is 2.55. The Morgan fingerprint density at radius 3 is 2.44 bits per heavy atom. The van der Waals surface area contributed by atoms with Gasteiger partial charge in [0.15, 0.2) is 0 Å². The molecule has 2 aromatic carbocycles. The maximum atomic E-state index is 14.0. The molecule has 0 spiro atoms. The van der Waals surface area contributed by atoms with E-state index in [0.29, 0.717) is 22.2 Å². The van der Waals surface area contributed by atoms with Crippen LogP contribution < -0.4 is 16.4 Å². The number of allylic oxidation sites excluding steroid dienone is 1. The first kappa shape index (κ1) is 19.2.